The number of hydrogen-bond acceptors (Lipinski definition) is 3. The fourth-order valence-corrected chi connectivity index (χ4v) is 4.72. The molecular formula is C20H27BrClN4O2. The Hall–Kier alpha value is -1.31. The van der Waals surface area contributed by atoms with Crippen molar-refractivity contribution in [1.82, 2.24) is 14.7 Å². The number of aryl methyl sites for hydroxylation is 1. The predicted molar refractivity (Wildman–Crippen MR) is 114 cm³/mol. The Morgan fingerprint density at radius 1 is 1.14 bits per heavy atom. The van der Waals surface area contributed by atoms with Gasteiger partial charge in [-0.15, -0.1) is 0 Å². The van der Waals surface area contributed by atoms with E-state index in [0.29, 0.717) is 30.6 Å². The van der Waals surface area contributed by atoms with Gasteiger partial charge in [0.1, 0.15) is 0 Å². The zero-order chi connectivity index (χ0) is 20.3. The average Bonchev–Trinajstić information content (AvgIpc) is 2.70. The Bertz CT molecular complexity index is 706. The van der Waals surface area contributed by atoms with E-state index in [1.54, 1.807) is 11.3 Å². The third-order valence-electron chi connectivity index (χ3n) is 5.70. The van der Waals surface area contributed by atoms with E-state index in [0.717, 1.165) is 54.6 Å². The van der Waals surface area contributed by atoms with Crippen LogP contribution in [0.1, 0.15) is 24.0 Å². The summed E-state index contributed by atoms with van der Waals surface area (Å²) in [5, 5.41) is 0.716. The SMILES string of the molecule is Cc1cc(C[CH]C(=O)N2CCC(N3CCN(C(N)=O)CC3)CC2)cc(Br)c1Cl. The van der Waals surface area contributed by atoms with Gasteiger partial charge in [0.2, 0.25) is 5.91 Å². The Morgan fingerprint density at radius 3 is 2.36 bits per heavy atom. The minimum atomic E-state index is -0.335. The number of rotatable bonds is 4. The van der Waals surface area contributed by atoms with Gasteiger partial charge in [-0.1, -0.05) is 17.7 Å². The van der Waals surface area contributed by atoms with Crippen LogP contribution >= 0.6 is 27.5 Å². The second kappa shape index (κ2) is 9.46. The van der Waals surface area contributed by atoms with Gasteiger partial charge in [0.15, 0.2) is 0 Å². The number of nitrogens with zero attached hydrogens (tertiary/aromatic N) is 3. The zero-order valence-corrected chi connectivity index (χ0v) is 18.5. The molecule has 0 atom stereocenters. The largest absolute Gasteiger partial charge is 0.351 e. The number of urea groups is 1. The van der Waals surface area contributed by atoms with Crippen molar-refractivity contribution in [3.63, 3.8) is 0 Å². The molecule has 0 bridgehead atoms. The molecule has 2 aliphatic heterocycles. The molecule has 6 nitrogen and oxygen atoms in total. The topological polar surface area (TPSA) is 69.9 Å². The molecule has 0 aromatic heterocycles. The molecule has 153 valence electrons. The molecular weight excluding hydrogens is 444 g/mol. The van der Waals surface area contributed by atoms with E-state index in [9.17, 15) is 9.59 Å². The highest BCUT2D eigenvalue weighted by Gasteiger charge is 2.29. The van der Waals surface area contributed by atoms with E-state index in [1.807, 2.05) is 24.0 Å². The van der Waals surface area contributed by atoms with Crippen LogP contribution in [0.15, 0.2) is 16.6 Å². The molecule has 0 aliphatic carbocycles. The summed E-state index contributed by atoms with van der Waals surface area (Å²) in [6, 6.07) is 4.14. The molecule has 0 spiro atoms. The number of halogens is 2. The number of hydrogen-bond donors (Lipinski definition) is 1. The lowest BCUT2D eigenvalue weighted by atomic mass is 10.0. The standard InChI is InChI=1S/C20H27BrClN4O2/c1-14-12-15(13-17(21)19(14)22)2-3-18(27)25-6-4-16(5-7-25)24-8-10-26(11-9-24)20(23)28/h3,12-13,16H,2,4-11H2,1H3,(H2,23,28). The smallest absolute Gasteiger partial charge is 0.314 e. The highest BCUT2D eigenvalue weighted by atomic mass is 79.9. The molecule has 1 aromatic carbocycles. The van der Waals surface area contributed by atoms with Crippen LogP contribution in [0.25, 0.3) is 0 Å². The summed E-state index contributed by atoms with van der Waals surface area (Å²) in [5.74, 6) is 0.0979. The van der Waals surface area contributed by atoms with Gasteiger partial charge in [-0.3, -0.25) is 9.69 Å². The van der Waals surface area contributed by atoms with Crippen LogP contribution in [-0.2, 0) is 11.2 Å². The van der Waals surface area contributed by atoms with Gasteiger partial charge in [-0.25, -0.2) is 4.79 Å². The van der Waals surface area contributed by atoms with Gasteiger partial charge >= 0.3 is 6.03 Å². The predicted octanol–water partition coefficient (Wildman–Crippen LogP) is 2.85. The first kappa shape index (κ1) is 21.4. The number of benzene rings is 1. The monoisotopic (exact) mass is 469 g/mol. The van der Waals surface area contributed by atoms with Gasteiger partial charge in [0.05, 0.1) is 11.4 Å². The number of carbonyl (C=O) groups excluding carboxylic acids is 2. The maximum Gasteiger partial charge on any atom is 0.314 e. The second-order valence-corrected chi connectivity index (χ2v) is 8.77. The number of piperidine rings is 1. The van der Waals surface area contributed by atoms with E-state index in [-0.39, 0.29) is 11.9 Å². The first-order valence-corrected chi connectivity index (χ1v) is 10.9. The van der Waals surface area contributed by atoms with Crippen molar-refractivity contribution in [2.24, 2.45) is 5.73 Å². The van der Waals surface area contributed by atoms with Crippen LogP contribution in [-0.4, -0.2) is 71.9 Å². The number of primary amides is 1. The summed E-state index contributed by atoms with van der Waals surface area (Å²) in [6.45, 7) is 6.62. The van der Waals surface area contributed by atoms with Crippen LogP contribution in [0.4, 0.5) is 4.79 Å². The molecule has 0 saturated carbocycles. The molecule has 2 saturated heterocycles. The lowest BCUT2D eigenvalue weighted by Crippen LogP contribution is -2.55. The van der Waals surface area contributed by atoms with Gasteiger partial charge in [-0.05, 0) is 59.3 Å². The Morgan fingerprint density at radius 2 is 1.79 bits per heavy atom. The molecule has 2 heterocycles. The van der Waals surface area contributed by atoms with Crippen LogP contribution in [0, 0.1) is 13.3 Å². The van der Waals surface area contributed by atoms with Crippen molar-refractivity contribution in [3.8, 4) is 0 Å². The maximum absolute atomic E-state index is 12.6. The number of nitrogens with two attached hydrogens (primary N) is 1. The van der Waals surface area contributed by atoms with E-state index in [2.05, 4.69) is 20.8 Å². The molecule has 2 N–H and O–H groups in total. The summed E-state index contributed by atoms with van der Waals surface area (Å²) in [4.78, 5) is 29.9. The van der Waals surface area contributed by atoms with E-state index < -0.39 is 0 Å². The Balaban J connectivity index is 1.43. The van der Waals surface area contributed by atoms with Crippen molar-refractivity contribution in [3.05, 3.63) is 39.2 Å². The van der Waals surface area contributed by atoms with Crippen molar-refractivity contribution in [2.75, 3.05) is 39.3 Å². The first-order valence-electron chi connectivity index (χ1n) is 9.70. The molecule has 2 fully saturated rings. The minimum Gasteiger partial charge on any atom is -0.351 e. The molecule has 1 radical (unpaired) electrons. The van der Waals surface area contributed by atoms with Crippen LogP contribution in [0.2, 0.25) is 5.02 Å². The first-order chi connectivity index (χ1) is 13.3. The molecule has 3 amide bonds. The lowest BCUT2D eigenvalue weighted by Gasteiger charge is -2.42. The number of carbonyl (C=O) groups is 2. The molecule has 0 unspecified atom stereocenters. The second-order valence-electron chi connectivity index (χ2n) is 7.53. The Kier molecular flexibility index (Phi) is 7.23. The fourth-order valence-electron chi connectivity index (χ4n) is 4.01. The summed E-state index contributed by atoms with van der Waals surface area (Å²) < 4.78 is 0.863. The summed E-state index contributed by atoms with van der Waals surface area (Å²) in [5.41, 5.74) is 7.43. The minimum absolute atomic E-state index is 0.0979. The van der Waals surface area contributed by atoms with Crippen LogP contribution < -0.4 is 5.73 Å². The van der Waals surface area contributed by atoms with Crippen molar-refractivity contribution >= 4 is 39.5 Å². The summed E-state index contributed by atoms with van der Waals surface area (Å²) >= 11 is 9.64. The third-order valence-corrected chi connectivity index (χ3v) is 7.06. The van der Waals surface area contributed by atoms with Gasteiger partial charge in [0.25, 0.3) is 0 Å². The van der Waals surface area contributed by atoms with Crippen molar-refractivity contribution in [2.45, 2.75) is 32.2 Å². The normalized spacial score (nSPS) is 19.1. The van der Waals surface area contributed by atoms with E-state index >= 15 is 0 Å². The zero-order valence-electron chi connectivity index (χ0n) is 16.2. The highest BCUT2D eigenvalue weighted by Crippen LogP contribution is 2.28. The Labute approximate surface area is 180 Å². The number of amides is 3. The van der Waals surface area contributed by atoms with Crippen molar-refractivity contribution in [1.29, 1.82) is 0 Å². The number of likely N-dealkylation sites (tertiary alicyclic amines) is 1. The number of piperazine rings is 1. The van der Waals surface area contributed by atoms with Gasteiger partial charge in [0, 0.05) is 49.8 Å². The van der Waals surface area contributed by atoms with Crippen LogP contribution in [0.3, 0.4) is 0 Å². The molecule has 3 rings (SSSR count). The molecule has 1 aromatic rings. The van der Waals surface area contributed by atoms with Gasteiger partial charge < -0.3 is 15.5 Å². The fraction of sp³-hybridized carbons (Fsp3) is 0.550. The molecule has 28 heavy (non-hydrogen) atoms. The van der Waals surface area contributed by atoms with Gasteiger partial charge in [-0.2, -0.15) is 0 Å². The molecule has 8 heteroatoms. The lowest BCUT2D eigenvalue weighted by molar-refractivity contribution is -0.129. The van der Waals surface area contributed by atoms with Crippen molar-refractivity contribution < 1.29 is 9.59 Å². The quantitative estimate of drug-likeness (QED) is 0.736. The third kappa shape index (κ3) is 5.19. The molecule has 2 aliphatic rings. The maximum atomic E-state index is 12.6. The summed E-state index contributed by atoms with van der Waals surface area (Å²) in [6.07, 6.45) is 4.31. The van der Waals surface area contributed by atoms with E-state index in [1.165, 1.54) is 0 Å². The van der Waals surface area contributed by atoms with E-state index in [4.69, 9.17) is 17.3 Å². The van der Waals surface area contributed by atoms with Crippen LogP contribution in [0.5, 0.6) is 0 Å². The average molecular weight is 471 g/mol. The highest BCUT2D eigenvalue weighted by molar-refractivity contribution is 9.10. The summed E-state index contributed by atoms with van der Waals surface area (Å²) in [7, 11) is 0.